The largest absolute Gasteiger partial charge is 0.239 e. The third kappa shape index (κ3) is 2.86. The number of pyridine rings is 1. The van der Waals surface area contributed by atoms with Crippen molar-refractivity contribution in [3.05, 3.63) is 29.0 Å². The van der Waals surface area contributed by atoms with Gasteiger partial charge in [0.15, 0.2) is 0 Å². The molecule has 3 nitrogen and oxygen atoms in total. The van der Waals surface area contributed by atoms with Crippen LogP contribution >= 0.6 is 11.6 Å². The molecule has 59 valence electrons. The maximum Gasteiger partial charge on any atom is 0.145 e. The molecule has 5 heteroatoms. The summed E-state index contributed by atoms with van der Waals surface area (Å²) in [6.07, 6.45) is 0. The fourth-order valence-corrected chi connectivity index (χ4v) is 1.23. The van der Waals surface area contributed by atoms with Crippen molar-refractivity contribution >= 4 is 22.3 Å². The van der Waals surface area contributed by atoms with Gasteiger partial charge in [0.25, 0.3) is 0 Å². The zero-order chi connectivity index (χ0) is 8.27. The van der Waals surface area contributed by atoms with Gasteiger partial charge < -0.3 is 0 Å². The van der Waals surface area contributed by atoms with Crippen molar-refractivity contribution in [2.45, 2.75) is 5.75 Å². The van der Waals surface area contributed by atoms with Gasteiger partial charge in [-0.15, -0.1) is 0 Å². The van der Waals surface area contributed by atoms with E-state index in [2.05, 4.69) is 11.1 Å². The molecule has 1 aromatic rings. The Morgan fingerprint density at radius 3 is 2.91 bits per heavy atom. The summed E-state index contributed by atoms with van der Waals surface area (Å²) in [5.74, 6) is -0.0657. The van der Waals surface area contributed by atoms with Gasteiger partial charge in [-0.1, -0.05) is 11.6 Å². The molecule has 0 aliphatic heterocycles. The molecular weight excluding hydrogens is 186 g/mol. The third-order valence-electron chi connectivity index (χ3n) is 1.01. The highest BCUT2D eigenvalue weighted by molar-refractivity contribution is 7.71. The molecule has 0 saturated carbocycles. The molecule has 0 amide bonds. The lowest BCUT2D eigenvalue weighted by Gasteiger charge is -1.92. The average Bonchev–Trinajstić information content (AvgIpc) is 1.85. The predicted octanol–water partition coefficient (Wildman–Crippen LogP) is 0.647. The first-order valence-electron chi connectivity index (χ1n) is 2.83. The Hall–Kier alpha value is -0.610. The van der Waals surface area contributed by atoms with E-state index in [1.807, 2.05) is 0 Å². The van der Waals surface area contributed by atoms with Crippen LogP contribution in [0.1, 0.15) is 5.69 Å². The number of nitrogens with zero attached hydrogens (tertiary/aromatic N) is 1. The molecule has 0 spiro atoms. The Labute approximate surface area is 71.0 Å². The highest BCUT2D eigenvalue weighted by Gasteiger charge is 1.95. The molecule has 1 rings (SSSR count). The minimum atomic E-state index is -2.42. The first-order chi connectivity index (χ1) is 5.18. The maximum atomic E-state index is 10.2. The van der Waals surface area contributed by atoms with Gasteiger partial charge in [0, 0.05) is 6.07 Å². The third-order valence-corrected chi connectivity index (χ3v) is 1.79. The van der Waals surface area contributed by atoms with E-state index >= 15 is 0 Å². The van der Waals surface area contributed by atoms with Gasteiger partial charge >= 0.3 is 0 Å². The van der Waals surface area contributed by atoms with Gasteiger partial charge in [-0.2, -0.15) is 0 Å². The molecule has 0 N–H and O–H groups in total. The number of hydrogen-bond acceptors (Lipinski definition) is 3. The second-order valence-electron chi connectivity index (χ2n) is 1.86. The van der Waals surface area contributed by atoms with E-state index in [1.165, 1.54) is 0 Å². The Bertz CT molecular complexity index is 316. The number of halogens is 1. The van der Waals surface area contributed by atoms with Gasteiger partial charge in [-0.3, -0.25) is 0 Å². The van der Waals surface area contributed by atoms with Crippen LogP contribution in [-0.2, 0) is 16.5 Å². The van der Waals surface area contributed by atoms with Crippen LogP contribution in [-0.4, -0.2) is 13.4 Å². The minimum Gasteiger partial charge on any atom is -0.239 e. The van der Waals surface area contributed by atoms with Crippen LogP contribution in [0.5, 0.6) is 0 Å². The summed E-state index contributed by atoms with van der Waals surface area (Å²) in [5, 5.41) is 0.194. The summed E-state index contributed by atoms with van der Waals surface area (Å²) in [5.41, 5.74) is 0.449. The monoisotopic (exact) mass is 190 g/mol. The lowest BCUT2D eigenvalue weighted by atomic mass is 10.4. The average molecular weight is 191 g/mol. The van der Waals surface area contributed by atoms with Crippen molar-refractivity contribution in [1.82, 2.24) is 4.98 Å². The molecule has 0 saturated heterocycles. The van der Waals surface area contributed by atoms with Crippen molar-refractivity contribution in [1.29, 1.82) is 0 Å². The van der Waals surface area contributed by atoms with Gasteiger partial charge in [-0.25, -0.2) is 13.4 Å². The fraction of sp³-hybridized carbons (Fsp3) is 0.167. The highest BCUT2D eigenvalue weighted by Crippen LogP contribution is 2.04. The molecule has 1 heterocycles. The van der Waals surface area contributed by atoms with Gasteiger partial charge in [0.1, 0.15) is 15.9 Å². The molecule has 0 unspecified atom stereocenters. The Kier molecular flexibility index (Phi) is 2.84. The van der Waals surface area contributed by atoms with Crippen LogP contribution in [0, 0.1) is 6.07 Å². The topological polar surface area (TPSA) is 47.0 Å². The lowest BCUT2D eigenvalue weighted by Crippen LogP contribution is -1.90. The van der Waals surface area contributed by atoms with Crippen LogP contribution in [0.15, 0.2) is 12.1 Å². The molecule has 1 radical (unpaired) electrons. The van der Waals surface area contributed by atoms with Gasteiger partial charge in [0.05, 0.1) is 11.4 Å². The van der Waals surface area contributed by atoms with Crippen molar-refractivity contribution < 1.29 is 8.42 Å². The Morgan fingerprint density at radius 1 is 1.64 bits per heavy atom. The van der Waals surface area contributed by atoms with Crippen molar-refractivity contribution in [3.8, 4) is 0 Å². The summed E-state index contributed by atoms with van der Waals surface area (Å²) in [6.45, 7) is 0. The van der Waals surface area contributed by atoms with E-state index in [1.54, 1.807) is 12.1 Å². The lowest BCUT2D eigenvalue weighted by molar-refractivity contribution is 0.613. The maximum absolute atomic E-state index is 10.2. The van der Waals surface area contributed by atoms with E-state index in [4.69, 9.17) is 11.6 Å². The molecular formula is C6H5ClNO2S. The summed E-state index contributed by atoms with van der Waals surface area (Å²) in [6, 6.07) is 5.71. The Balaban J connectivity index is 2.87. The van der Waals surface area contributed by atoms with Crippen molar-refractivity contribution in [2.75, 3.05) is 0 Å². The summed E-state index contributed by atoms with van der Waals surface area (Å²) in [4.78, 5) is 3.74. The van der Waals surface area contributed by atoms with Crippen molar-refractivity contribution in [2.24, 2.45) is 0 Å². The van der Waals surface area contributed by atoms with Crippen molar-refractivity contribution in [3.63, 3.8) is 0 Å². The van der Waals surface area contributed by atoms with E-state index < -0.39 is 10.7 Å². The number of aromatic nitrogens is 1. The van der Waals surface area contributed by atoms with Crippen LogP contribution in [0.25, 0.3) is 0 Å². The van der Waals surface area contributed by atoms with Crippen LogP contribution < -0.4 is 0 Å². The second-order valence-corrected chi connectivity index (χ2v) is 3.20. The zero-order valence-electron chi connectivity index (χ0n) is 5.45. The molecule has 0 fully saturated rings. The van der Waals surface area contributed by atoms with Crippen LogP contribution in [0.2, 0.25) is 5.15 Å². The van der Waals surface area contributed by atoms with Crippen LogP contribution in [0.3, 0.4) is 0 Å². The normalized spacial score (nSPS) is 10.4. The number of thiol groups is 1. The first-order valence-corrected chi connectivity index (χ1v) is 4.57. The number of hydrogen-bond donors (Lipinski definition) is 1. The molecule has 0 aromatic carbocycles. The highest BCUT2D eigenvalue weighted by atomic mass is 35.5. The molecule has 0 bridgehead atoms. The van der Waals surface area contributed by atoms with E-state index in [-0.39, 0.29) is 10.9 Å². The van der Waals surface area contributed by atoms with Crippen LogP contribution in [0.4, 0.5) is 0 Å². The SMILES string of the molecule is O=[SH](=O)Cc1cc[c]c(Cl)n1. The summed E-state index contributed by atoms with van der Waals surface area (Å²) in [7, 11) is -2.42. The summed E-state index contributed by atoms with van der Waals surface area (Å²) >= 11 is 5.46. The smallest absolute Gasteiger partial charge is 0.145 e. The zero-order valence-corrected chi connectivity index (χ0v) is 7.10. The quantitative estimate of drug-likeness (QED) is 0.550. The molecule has 0 aliphatic rings. The van der Waals surface area contributed by atoms with E-state index in [0.29, 0.717) is 5.69 Å². The van der Waals surface area contributed by atoms with E-state index in [0.717, 1.165) is 0 Å². The molecule has 1 aromatic heterocycles. The molecule has 0 atom stereocenters. The molecule has 0 aliphatic carbocycles. The standard InChI is InChI=1S/C6H5ClNO2S/c7-6-3-1-2-5(8-6)4-11(9)10/h1-2,11H,4H2. The molecule has 11 heavy (non-hydrogen) atoms. The Morgan fingerprint density at radius 2 is 2.36 bits per heavy atom. The second kappa shape index (κ2) is 3.69. The predicted molar refractivity (Wildman–Crippen MR) is 42.1 cm³/mol. The van der Waals surface area contributed by atoms with Gasteiger partial charge in [-0.05, 0) is 12.1 Å². The minimum absolute atomic E-state index is 0.0657. The van der Waals surface area contributed by atoms with Gasteiger partial charge in [0.2, 0.25) is 0 Å². The fourth-order valence-electron chi connectivity index (χ4n) is 0.623. The first kappa shape index (κ1) is 8.49. The number of rotatable bonds is 2. The van der Waals surface area contributed by atoms with E-state index in [9.17, 15) is 8.42 Å². The summed E-state index contributed by atoms with van der Waals surface area (Å²) < 4.78 is 20.4.